The van der Waals surface area contributed by atoms with E-state index in [0.717, 1.165) is 0 Å². The summed E-state index contributed by atoms with van der Waals surface area (Å²) < 4.78 is 60.0. The van der Waals surface area contributed by atoms with Gasteiger partial charge in [0.15, 0.2) is 12.2 Å². The molecule has 41 heavy (non-hydrogen) atoms. The molecule has 1 fully saturated rings. The number of imidazole rings is 1. The molecule has 0 aliphatic carbocycles. The summed E-state index contributed by atoms with van der Waals surface area (Å²) >= 11 is 0. The molecule has 8 N–H and O–H groups in total. The molecule has 1 aromatic heterocycles. The third kappa shape index (κ3) is 8.02. The van der Waals surface area contributed by atoms with Crippen molar-refractivity contribution in [2.75, 3.05) is 11.9 Å². The molecule has 0 amide bonds. The highest BCUT2D eigenvalue weighted by atomic mass is 31.3. The van der Waals surface area contributed by atoms with E-state index in [9.17, 15) is 38.7 Å². The number of rotatable bonds is 12. The fourth-order valence-electron chi connectivity index (χ4n) is 3.93. The first-order valence-electron chi connectivity index (χ1n) is 11.2. The lowest BCUT2D eigenvalue weighted by atomic mass is 10.1. The molecular formula is C17H23N6O15P3. The number of aliphatic imine (C=N–C) groups is 1. The van der Waals surface area contributed by atoms with Crippen LogP contribution in [-0.2, 0) is 42.9 Å². The number of phosphoric acid groups is 3. The van der Waals surface area contributed by atoms with Crippen LogP contribution in [0.15, 0.2) is 35.6 Å². The van der Waals surface area contributed by atoms with Crippen LogP contribution in [0.2, 0.25) is 0 Å². The zero-order chi connectivity index (χ0) is 30.2. The number of nitro groups is 1. The van der Waals surface area contributed by atoms with Gasteiger partial charge >= 0.3 is 23.5 Å². The number of guanidine groups is 1. The number of ether oxygens (including phenoxy) is 2. The number of nitrogens with one attached hydrogen (secondary N) is 1. The topological polar surface area (TPSA) is 310 Å². The van der Waals surface area contributed by atoms with E-state index in [0.29, 0.717) is 0 Å². The van der Waals surface area contributed by atoms with Crippen molar-refractivity contribution in [3.8, 4) is 0 Å². The molecule has 1 saturated heterocycles. The second kappa shape index (κ2) is 11.9. The summed E-state index contributed by atoms with van der Waals surface area (Å²) in [6, 6.07) is 5.72. The molecule has 1 aromatic carbocycles. The lowest BCUT2D eigenvalue weighted by Gasteiger charge is -2.22. The molecule has 2 aliphatic rings. The zero-order valence-corrected chi connectivity index (χ0v) is 23.0. The fraction of sp³-hybridized carbons (Fsp3) is 0.412. The van der Waals surface area contributed by atoms with Crippen molar-refractivity contribution in [1.82, 2.24) is 9.55 Å². The van der Waals surface area contributed by atoms with Gasteiger partial charge in [-0.05, 0) is 6.07 Å². The predicted octanol–water partition coefficient (Wildman–Crippen LogP) is 0.739. The van der Waals surface area contributed by atoms with Crippen molar-refractivity contribution in [2.24, 2.45) is 10.7 Å². The highest BCUT2D eigenvalue weighted by Crippen LogP contribution is 2.66. The highest BCUT2D eigenvalue weighted by molar-refractivity contribution is 7.66. The summed E-state index contributed by atoms with van der Waals surface area (Å²) in [7, 11) is -16.9. The highest BCUT2D eigenvalue weighted by Gasteiger charge is 2.44. The number of para-hydroxylation sites is 1. The summed E-state index contributed by atoms with van der Waals surface area (Å²) in [4.78, 5) is 55.1. The van der Waals surface area contributed by atoms with Crippen molar-refractivity contribution in [2.45, 2.75) is 37.7 Å². The number of phosphoric ester groups is 1. The van der Waals surface area contributed by atoms with Gasteiger partial charge in [-0.3, -0.25) is 19.2 Å². The molecule has 0 bridgehead atoms. The maximum Gasteiger partial charge on any atom is 0.490 e. The number of nitrogens with two attached hydrogens (primary N) is 1. The van der Waals surface area contributed by atoms with Crippen LogP contribution in [0.25, 0.3) is 0 Å². The largest absolute Gasteiger partial charge is 0.490 e. The van der Waals surface area contributed by atoms with Crippen LogP contribution in [0, 0.1) is 10.1 Å². The zero-order valence-electron chi connectivity index (χ0n) is 20.3. The molecule has 6 atom stereocenters. The Morgan fingerprint density at radius 1 is 1.17 bits per heavy atom. The Morgan fingerprint density at radius 2 is 1.88 bits per heavy atom. The Hall–Kier alpha value is -2.61. The molecule has 3 heterocycles. The van der Waals surface area contributed by atoms with Crippen LogP contribution in [0.1, 0.15) is 30.1 Å². The normalized spacial score (nSPS) is 25.4. The minimum absolute atomic E-state index is 0.0112. The van der Waals surface area contributed by atoms with Crippen LogP contribution in [0.4, 0.5) is 11.5 Å². The number of benzene rings is 1. The van der Waals surface area contributed by atoms with E-state index in [2.05, 4.69) is 23.9 Å². The third-order valence-electron chi connectivity index (χ3n) is 5.52. The molecule has 0 saturated carbocycles. The summed E-state index contributed by atoms with van der Waals surface area (Å²) in [5.41, 5.74) is 5.75. The second-order valence-corrected chi connectivity index (χ2v) is 12.8. The first-order valence-corrected chi connectivity index (χ1v) is 15.7. The van der Waals surface area contributed by atoms with Gasteiger partial charge < -0.3 is 45.2 Å². The van der Waals surface area contributed by atoms with E-state index < -0.39 is 59.7 Å². The number of nitro benzene ring substituents is 1. The Labute approximate surface area is 229 Å². The van der Waals surface area contributed by atoms with Crippen LogP contribution < -0.4 is 11.1 Å². The predicted molar refractivity (Wildman–Crippen MR) is 132 cm³/mol. The van der Waals surface area contributed by atoms with E-state index >= 15 is 0 Å². The van der Waals surface area contributed by atoms with Crippen molar-refractivity contribution >= 4 is 40.9 Å². The maximum atomic E-state index is 12.2. The Bertz CT molecular complexity index is 1480. The summed E-state index contributed by atoms with van der Waals surface area (Å²) in [6.07, 6.45) is -3.27. The smallest absolute Gasteiger partial charge is 0.370 e. The minimum atomic E-state index is -5.76. The van der Waals surface area contributed by atoms with Crippen molar-refractivity contribution < 1.29 is 65.9 Å². The van der Waals surface area contributed by atoms with E-state index in [1.54, 1.807) is 6.07 Å². The monoisotopic (exact) mass is 644 g/mol. The second-order valence-electron chi connectivity index (χ2n) is 8.39. The number of hydrogen-bond acceptors (Lipinski definition) is 15. The molecule has 2 aliphatic heterocycles. The molecule has 21 nitrogen and oxygen atoms in total. The quantitative estimate of drug-likeness (QED) is 0.0951. The van der Waals surface area contributed by atoms with Gasteiger partial charge in [0.05, 0.1) is 36.1 Å². The molecule has 2 aromatic rings. The van der Waals surface area contributed by atoms with Gasteiger partial charge in [-0.25, -0.2) is 23.7 Å². The molecule has 4 rings (SSSR count). The third-order valence-corrected chi connectivity index (χ3v) is 9.33. The van der Waals surface area contributed by atoms with Gasteiger partial charge in [0.1, 0.15) is 23.8 Å². The summed E-state index contributed by atoms with van der Waals surface area (Å²) in [5.74, 6) is 0.0825. The summed E-state index contributed by atoms with van der Waals surface area (Å²) in [5, 5.41) is 24.2. The van der Waals surface area contributed by atoms with Crippen molar-refractivity contribution in [3.05, 3.63) is 52.0 Å². The van der Waals surface area contributed by atoms with Gasteiger partial charge in [0.2, 0.25) is 0 Å². The molecule has 0 spiro atoms. The Balaban J connectivity index is 1.52. The average molecular weight is 644 g/mol. The van der Waals surface area contributed by atoms with Crippen LogP contribution in [-0.4, -0.2) is 63.9 Å². The minimum Gasteiger partial charge on any atom is -0.370 e. The van der Waals surface area contributed by atoms with Gasteiger partial charge in [-0.1, -0.05) is 12.1 Å². The number of anilines is 1. The lowest BCUT2D eigenvalue weighted by molar-refractivity contribution is -0.386. The van der Waals surface area contributed by atoms with E-state index in [4.69, 9.17) is 29.5 Å². The Morgan fingerprint density at radius 3 is 2.56 bits per heavy atom. The maximum absolute atomic E-state index is 12.2. The SMILES string of the molecule is NC1=NC(O)c2ncn(C3CC(OCc4ccccc4[N+](=O)[O-])C(COP(=O)(O)OP(=O)(O)OP(=O)(O)O)O3)c2N1. The van der Waals surface area contributed by atoms with Crippen LogP contribution >= 0.6 is 23.5 Å². The van der Waals surface area contributed by atoms with Crippen LogP contribution in [0.5, 0.6) is 0 Å². The molecule has 226 valence electrons. The number of aliphatic hydroxyl groups is 1. The van der Waals surface area contributed by atoms with Crippen molar-refractivity contribution in [3.63, 3.8) is 0 Å². The van der Waals surface area contributed by atoms with E-state index in [1.165, 1.54) is 29.1 Å². The standard InChI is InChI=1S/C17H23N6O15P3/c18-17-20-15-14(16(24)21-17)19-8-22(15)13-5-11(34-6-9-3-1-2-4-10(9)23(25)26)12(36-13)7-35-40(30,31)38-41(32,33)37-39(27,28)29/h1-4,8,11-13,16,24H,5-7H2,(H,30,31)(H,32,33)(H3,18,20,21)(H2,27,28,29). The van der Waals surface area contributed by atoms with Gasteiger partial charge in [-0.15, -0.1) is 0 Å². The first-order chi connectivity index (χ1) is 19.0. The Kier molecular flexibility index (Phi) is 9.13. The fourth-order valence-corrected chi connectivity index (χ4v) is 6.96. The number of hydrogen-bond donors (Lipinski definition) is 7. The first kappa shape index (κ1) is 31.3. The van der Waals surface area contributed by atoms with E-state index in [1.807, 2.05) is 0 Å². The average Bonchev–Trinajstić information content (AvgIpc) is 3.43. The number of aromatic nitrogens is 2. The van der Waals surface area contributed by atoms with Gasteiger partial charge in [0, 0.05) is 12.5 Å². The van der Waals surface area contributed by atoms with Crippen LogP contribution in [0.3, 0.4) is 0 Å². The number of nitrogens with zero attached hydrogens (tertiary/aromatic N) is 4. The number of fused-ring (bicyclic) bond motifs is 1. The number of aliphatic hydroxyl groups excluding tert-OH is 1. The van der Waals surface area contributed by atoms with Gasteiger partial charge in [0.25, 0.3) is 5.69 Å². The molecule has 6 unspecified atom stereocenters. The van der Waals surface area contributed by atoms with Crippen molar-refractivity contribution in [1.29, 1.82) is 0 Å². The summed E-state index contributed by atoms with van der Waals surface area (Å²) in [6.45, 7) is -1.15. The lowest BCUT2D eigenvalue weighted by Crippen LogP contribution is -2.30. The molecular weight excluding hydrogens is 621 g/mol. The molecule has 24 heteroatoms. The van der Waals surface area contributed by atoms with E-state index in [-0.39, 0.29) is 41.7 Å². The van der Waals surface area contributed by atoms with Gasteiger partial charge in [-0.2, -0.15) is 8.62 Å². The molecule has 0 radical (unpaired) electrons.